The van der Waals surface area contributed by atoms with Gasteiger partial charge in [0.2, 0.25) is 0 Å². The van der Waals surface area contributed by atoms with Gasteiger partial charge in [0.05, 0.1) is 6.10 Å². The van der Waals surface area contributed by atoms with Crippen molar-refractivity contribution in [3.8, 4) is 5.75 Å². The molecule has 1 aromatic carbocycles. The van der Waals surface area contributed by atoms with Gasteiger partial charge in [-0.2, -0.15) is 0 Å². The molecule has 1 aromatic rings. The van der Waals surface area contributed by atoms with Crippen molar-refractivity contribution in [3.63, 3.8) is 0 Å². The number of benzene rings is 1. The summed E-state index contributed by atoms with van der Waals surface area (Å²) < 4.78 is 5.83. The maximum absolute atomic E-state index is 5.83. The Kier molecular flexibility index (Phi) is 5.47. The summed E-state index contributed by atoms with van der Waals surface area (Å²) in [7, 11) is 2.08. The lowest BCUT2D eigenvalue weighted by Crippen LogP contribution is -2.29. The normalized spacial score (nSPS) is 24.6. The molecule has 0 bridgehead atoms. The van der Waals surface area contributed by atoms with Crippen molar-refractivity contribution in [2.24, 2.45) is 11.8 Å². The van der Waals surface area contributed by atoms with E-state index in [2.05, 4.69) is 57.4 Å². The molecule has 3 unspecified atom stereocenters. The molecule has 2 nitrogen and oxygen atoms in total. The molecular weight excluding hydrogens is 246 g/mol. The smallest absolute Gasteiger partial charge is 0.120 e. The highest BCUT2D eigenvalue weighted by atomic mass is 16.5. The van der Waals surface area contributed by atoms with Crippen LogP contribution >= 0.6 is 0 Å². The molecule has 1 fully saturated rings. The predicted molar refractivity (Wildman–Crippen MR) is 85.1 cm³/mol. The minimum atomic E-state index is 0.230. The Hall–Kier alpha value is -1.02. The molecule has 0 saturated heterocycles. The fourth-order valence-corrected chi connectivity index (χ4v) is 3.51. The molecule has 0 spiro atoms. The molecule has 0 aromatic heterocycles. The molecule has 1 aliphatic carbocycles. The first-order valence-electron chi connectivity index (χ1n) is 8.04. The van der Waals surface area contributed by atoms with Crippen LogP contribution in [0.1, 0.15) is 58.1 Å². The first-order valence-corrected chi connectivity index (χ1v) is 8.04. The van der Waals surface area contributed by atoms with Gasteiger partial charge in [-0.05, 0) is 63.3 Å². The second kappa shape index (κ2) is 7.12. The van der Waals surface area contributed by atoms with Gasteiger partial charge in [-0.25, -0.2) is 0 Å². The number of nitrogens with one attached hydrogen (secondary N) is 1. The average molecular weight is 275 g/mol. The second-order valence-electron chi connectivity index (χ2n) is 6.54. The minimum Gasteiger partial charge on any atom is -0.491 e. The van der Waals surface area contributed by atoms with Gasteiger partial charge < -0.3 is 10.1 Å². The number of hydrogen-bond acceptors (Lipinski definition) is 2. The van der Waals surface area contributed by atoms with Crippen LogP contribution in [0.2, 0.25) is 0 Å². The molecule has 1 aliphatic rings. The van der Waals surface area contributed by atoms with Crippen LogP contribution in [0.15, 0.2) is 24.3 Å². The highest BCUT2D eigenvalue weighted by Crippen LogP contribution is 2.37. The first kappa shape index (κ1) is 15.4. The van der Waals surface area contributed by atoms with E-state index in [-0.39, 0.29) is 6.10 Å². The van der Waals surface area contributed by atoms with Crippen LogP contribution in [0.3, 0.4) is 0 Å². The number of hydrogen-bond donors (Lipinski definition) is 1. The van der Waals surface area contributed by atoms with Crippen molar-refractivity contribution in [1.82, 2.24) is 5.32 Å². The lowest BCUT2D eigenvalue weighted by molar-refractivity contribution is 0.227. The zero-order valence-corrected chi connectivity index (χ0v) is 13.4. The van der Waals surface area contributed by atoms with E-state index in [0.717, 1.165) is 17.6 Å². The third kappa shape index (κ3) is 3.99. The first-order chi connectivity index (χ1) is 9.60. The molecule has 1 saturated carbocycles. The molecule has 20 heavy (non-hydrogen) atoms. The molecule has 2 rings (SSSR count). The Labute approximate surface area is 123 Å². The van der Waals surface area contributed by atoms with Gasteiger partial charge in [-0.3, -0.25) is 0 Å². The number of rotatable bonds is 5. The standard InChI is InChI=1S/C18H29NO/c1-13(2)20-17-10-6-9-16(12-17)18(19-4)15-8-5-7-14(3)11-15/h6,9-10,12-15,18-19H,5,7-8,11H2,1-4H3. The summed E-state index contributed by atoms with van der Waals surface area (Å²) in [6.07, 6.45) is 5.66. The van der Waals surface area contributed by atoms with Crippen LogP contribution in [0, 0.1) is 11.8 Å². The zero-order chi connectivity index (χ0) is 14.5. The van der Waals surface area contributed by atoms with E-state index >= 15 is 0 Å². The van der Waals surface area contributed by atoms with Gasteiger partial charge in [-0.15, -0.1) is 0 Å². The van der Waals surface area contributed by atoms with Crippen LogP contribution in [-0.4, -0.2) is 13.2 Å². The van der Waals surface area contributed by atoms with Crippen molar-refractivity contribution >= 4 is 0 Å². The van der Waals surface area contributed by atoms with Gasteiger partial charge in [0.25, 0.3) is 0 Å². The summed E-state index contributed by atoms with van der Waals surface area (Å²) in [6.45, 7) is 6.53. The maximum atomic E-state index is 5.83. The van der Waals surface area contributed by atoms with Gasteiger partial charge in [0, 0.05) is 6.04 Å². The monoisotopic (exact) mass is 275 g/mol. The van der Waals surface area contributed by atoms with Crippen molar-refractivity contribution in [3.05, 3.63) is 29.8 Å². The third-order valence-corrected chi connectivity index (χ3v) is 4.35. The summed E-state index contributed by atoms with van der Waals surface area (Å²) in [5, 5.41) is 3.53. The third-order valence-electron chi connectivity index (χ3n) is 4.35. The van der Waals surface area contributed by atoms with Gasteiger partial charge >= 0.3 is 0 Å². The molecule has 0 radical (unpaired) electrons. The minimum absolute atomic E-state index is 0.230. The van der Waals surface area contributed by atoms with E-state index in [4.69, 9.17) is 4.74 Å². The van der Waals surface area contributed by atoms with Crippen LogP contribution in [0.25, 0.3) is 0 Å². The predicted octanol–water partition coefficient (Wildman–Crippen LogP) is 4.56. The summed E-state index contributed by atoms with van der Waals surface area (Å²) in [5.41, 5.74) is 1.37. The van der Waals surface area contributed by atoms with Crippen molar-refractivity contribution in [2.75, 3.05) is 7.05 Å². The molecule has 0 aliphatic heterocycles. The van der Waals surface area contributed by atoms with Gasteiger partial charge in [0.1, 0.15) is 5.75 Å². The molecular formula is C18H29NO. The summed E-state index contributed by atoms with van der Waals surface area (Å²) in [5.74, 6) is 2.60. The van der Waals surface area contributed by atoms with Crippen LogP contribution < -0.4 is 10.1 Å². The van der Waals surface area contributed by atoms with Crippen molar-refractivity contribution in [1.29, 1.82) is 0 Å². The molecule has 1 N–H and O–H groups in total. The summed E-state index contributed by atoms with van der Waals surface area (Å²) >= 11 is 0. The van der Waals surface area contributed by atoms with E-state index in [1.807, 2.05) is 0 Å². The van der Waals surface area contributed by atoms with Gasteiger partial charge in [0.15, 0.2) is 0 Å². The molecule has 0 heterocycles. The van der Waals surface area contributed by atoms with E-state index < -0.39 is 0 Å². The highest BCUT2D eigenvalue weighted by Gasteiger charge is 2.27. The van der Waals surface area contributed by atoms with Crippen molar-refractivity contribution < 1.29 is 4.74 Å². The SMILES string of the molecule is CNC(c1cccc(OC(C)C)c1)C1CCCC(C)C1. The lowest BCUT2D eigenvalue weighted by Gasteiger charge is -2.33. The fourth-order valence-electron chi connectivity index (χ4n) is 3.51. The van der Waals surface area contributed by atoms with Crippen LogP contribution in [-0.2, 0) is 0 Å². The second-order valence-corrected chi connectivity index (χ2v) is 6.54. The molecule has 3 atom stereocenters. The Morgan fingerprint density at radius 2 is 2.05 bits per heavy atom. The highest BCUT2D eigenvalue weighted by molar-refractivity contribution is 5.31. The average Bonchev–Trinajstić information content (AvgIpc) is 2.39. The Balaban J connectivity index is 2.14. The molecule has 112 valence electrons. The number of ether oxygens (including phenoxy) is 1. The topological polar surface area (TPSA) is 21.3 Å². The van der Waals surface area contributed by atoms with Crippen LogP contribution in [0.5, 0.6) is 5.75 Å². The molecule has 0 amide bonds. The fraction of sp³-hybridized carbons (Fsp3) is 0.667. The van der Waals surface area contributed by atoms with Crippen LogP contribution in [0.4, 0.5) is 0 Å². The lowest BCUT2D eigenvalue weighted by atomic mass is 9.77. The van der Waals surface area contributed by atoms with Crippen molar-refractivity contribution in [2.45, 2.75) is 58.6 Å². The largest absolute Gasteiger partial charge is 0.491 e. The van der Waals surface area contributed by atoms with E-state index in [0.29, 0.717) is 6.04 Å². The Morgan fingerprint density at radius 3 is 2.70 bits per heavy atom. The zero-order valence-electron chi connectivity index (χ0n) is 13.4. The van der Waals surface area contributed by atoms with E-state index in [1.165, 1.54) is 31.2 Å². The van der Waals surface area contributed by atoms with E-state index in [1.54, 1.807) is 0 Å². The molecule has 2 heteroatoms. The van der Waals surface area contributed by atoms with E-state index in [9.17, 15) is 0 Å². The summed E-state index contributed by atoms with van der Waals surface area (Å²) in [6, 6.07) is 9.06. The van der Waals surface area contributed by atoms with Gasteiger partial charge in [-0.1, -0.05) is 31.9 Å². The Bertz CT molecular complexity index is 416. The summed E-state index contributed by atoms with van der Waals surface area (Å²) in [4.78, 5) is 0. The quantitative estimate of drug-likeness (QED) is 0.850. The Morgan fingerprint density at radius 1 is 1.25 bits per heavy atom. The maximum Gasteiger partial charge on any atom is 0.120 e.